The van der Waals surface area contributed by atoms with E-state index in [1.54, 1.807) is 0 Å². The maximum atomic E-state index is 2.49. The summed E-state index contributed by atoms with van der Waals surface area (Å²) in [6.45, 7) is 11.5. The van der Waals surface area contributed by atoms with E-state index in [2.05, 4.69) is 132 Å². The van der Waals surface area contributed by atoms with E-state index in [9.17, 15) is 0 Å². The van der Waals surface area contributed by atoms with Crippen molar-refractivity contribution in [2.75, 3.05) is 0 Å². The smallest absolute Gasteiger partial charge is 0.0178 e. The fourth-order valence-corrected chi connectivity index (χ4v) is 4.94. The van der Waals surface area contributed by atoms with E-state index in [-0.39, 0.29) is 0 Å². The average Bonchev–Trinajstić information content (AvgIpc) is 2.89. The molecule has 0 heteroatoms. The quantitative estimate of drug-likeness (QED) is 0.230. The van der Waals surface area contributed by atoms with Crippen molar-refractivity contribution in [3.8, 4) is 0 Å². The molecule has 0 amide bonds. The zero-order chi connectivity index (χ0) is 24.8. The fourth-order valence-electron chi connectivity index (χ4n) is 4.94. The Kier molecular flexibility index (Phi) is 8.03. The minimum Gasteiger partial charge on any atom is -0.0651 e. The van der Waals surface area contributed by atoms with E-state index in [4.69, 9.17) is 0 Å². The molecule has 0 bridgehead atoms. The van der Waals surface area contributed by atoms with Crippen molar-refractivity contribution in [3.05, 3.63) is 119 Å². The van der Waals surface area contributed by atoms with Gasteiger partial charge in [-0.15, -0.1) is 0 Å². The van der Waals surface area contributed by atoms with E-state index in [1.807, 2.05) is 0 Å². The van der Waals surface area contributed by atoms with Gasteiger partial charge in [0.1, 0.15) is 0 Å². The third-order valence-electron chi connectivity index (χ3n) is 7.21. The van der Waals surface area contributed by atoms with Gasteiger partial charge in [0.05, 0.1) is 0 Å². The third-order valence-corrected chi connectivity index (χ3v) is 7.21. The lowest BCUT2D eigenvalue weighted by atomic mass is 9.88. The Labute approximate surface area is 211 Å². The van der Waals surface area contributed by atoms with Gasteiger partial charge in [0.2, 0.25) is 0 Å². The lowest BCUT2D eigenvalue weighted by Gasteiger charge is -2.17. The molecule has 0 saturated carbocycles. The van der Waals surface area contributed by atoms with Gasteiger partial charge in [0, 0.05) is 0 Å². The van der Waals surface area contributed by atoms with Gasteiger partial charge in [0.15, 0.2) is 0 Å². The first-order valence-electron chi connectivity index (χ1n) is 13.1. The Morgan fingerprint density at radius 3 is 1.80 bits per heavy atom. The summed E-state index contributed by atoms with van der Waals surface area (Å²) in [6, 6.07) is 30.9. The molecule has 4 aromatic rings. The summed E-state index contributed by atoms with van der Waals surface area (Å²) in [6.07, 6.45) is 8.22. The first kappa shape index (κ1) is 24.7. The van der Waals surface area contributed by atoms with Crippen LogP contribution in [-0.4, -0.2) is 0 Å². The lowest BCUT2D eigenvalue weighted by Crippen LogP contribution is -2.00. The topological polar surface area (TPSA) is 0 Å². The highest BCUT2D eigenvalue weighted by molar-refractivity contribution is 5.87. The maximum Gasteiger partial charge on any atom is -0.0178 e. The van der Waals surface area contributed by atoms with Crippen molar-refractivity contribution in [1.29, 1.82) is 0 Å². The Morgan fingerprint density at radius 1 is 0.686 bits per heavy atom. The highest BCUT2D eigenvalue weighted by Gasteiger charge is 2.11. The molecule has 4 aromatic carbocycles. The number of allylic oxidation sites excluding steroid dienone is 6. The Bertz CT molecular complexity index is 1410. The van der Waals surface area contributed by atoms with Crippen molar-refractivity contribution >= 4 is 32.7 Å². The molecule has 0 radical (unpaired) electrons. The second-order valence-electron chi connectivity index (χ2n) is 9.82. The molecule has 35 heavy (non-hydrogen) atoms. The standard InChI is InChI=1S/C35H38/c1-6-12-31(34-20-18-29-14-9-11-16-33(29)23-34)24-35(25(3)7-2)27(5)21-26(4)30-19-17-28-13-8-10-15-32(28)22-30/h8-11,13-25H,6-7,12H2,1-5H3/b26-21+,31-24+,35-27-. The molecule has 0 heterocycles. The fraction of sp³-hybridized carbons (Fsp3) is 0.257. The Morgan fingerprint density at radius 2 is 1.23 bits per heavy atom. The molecular weight excluding hydrogens is 420 g/mol. The summed E-state index contributed by atoms with van der Waals surface area (Å²) >= 11 is 0. The average molecular weight is 459 g/mol. The van der Waals surface area contributed by atoms with Crippen molar-refractivity contribution in [2.45, 2.75) is 53.9 Å². The van der Waals surface area contributed by atoms with Gasteiger partial charge in [-0.1, -0.05) is 112 Å². The minimum absolute atomic E-state index is 0.503. The SMILES string of the molecule is CCC\C(=C/C(=C(C)/C=C(\C)c1ccc2ccccc2c1)C(C)CC)c1ccc2ccccc2c1. The molecule has 0 aliphatic carbocycles. The zero-order valence-electron chi connectivity index (χ0n) is 21.9. The Hall–Kier alpha value is -3.38. The van der Waals surface area contributed by atoms with Crippen LogP contribution >= 0.6 is 0 Å². The van der Waals surface area contributed by atoms with Crippen molar-refractivity contribution in [3.63, 3.8) is 0 Å². The van der Waals surface area contributed by atoms with Crippen molar-refractivity contribution in [1.82, 2.24) is 0 Å². The second kappa shape index (κ2) is 11.4. The predicted octanol–water partition coefficient (Wildman–Crippen LogP) is 10.6. The van der Waals surface area contributed by atoms with E-state index < -0.39 is 0 Å². The van der Waals surface area contributed by atoms with Crippen molar-refractivity contribution in [2.24, 2.45) is 5.92 Å². The number of rotatable bonds is 8. The van der Waals surface area contributed by atoms with Crippen LogP contribution < -0.4 is 0 Å². The molecule has 1 atom stereocenters. The Balaban J connectivity index is 1.77. The van der Waals surface area contributed by atoms with Crippen LogP contribution in [0.3, 0.4) is 0 Å². The highest BCUT2D eigenvalue weighted by Crippen LogP contribution is 2.31. The predicted molar refractivity (Wildman–Crippen MR) is 157 cm³/mol. The summed E-state index contributed by atoms with van der Waals surface area (Å²) < 4.78 is 0. The number of benzene rings is 4. The van der Waals surface area contributed by atoms with Gasteiger partial charge in [0.25, 0.3) is 0 Å². The third kappa shape index (κ3) is 5.82. The van der Waals surface area contributed by atoms with Gasteiger partial charge in [-0.05, 0) is 99.7 Å². The monoisotopic (exact) mass is 458 g/mol. The van der Waals surface area contributed by atoms with Gasteiger partial charge in [-0.25, -0.2) is 0 Å². The van der Waals surface area contributed by atoms with Crippen LogP contribution in [0.2, 0.25) is 0 Å². The van der Waals surface area contributed by atoms with Crippen LogP contribution in [0.4, 0.5) is 0 Å². The molecule has 1 unspecified atom stereocenters. The molecule has 0 nitrogen and oxygen atoms in total. The van der Waals surface area contributed by atoms with E-state index in [0.29, 0.717) is 5.92 Å². The first-order chi connectivity index (χ1) is 17.0. The first-order valence-corrected chi connectivity index (χ1v) is 13.1. The van der Waals surface area contributed by atoms with Gasteiger partial charge < -0.3 is 0 Å². The molecular formula is C35H38. The molecule has 0 N–H and O–H groups in total. The van der Waals surface area contributed by atoms with Crippen LogP contribution in [0.25, 0.3) is 32.7 Å². The summed E-state index contributed by atoms with van der Waals surface area (Å²) in [4.78, 5) is 0. The van der Waals surface area contributed by atoms with Crippen LogP contribution in [0, 0.1) is 5.92 Å². The van der Waals surface area contributed by atoms with E-state index >= 15 is 0 Å². The normalized spacial score (nSPS) is 14.3. The summed E-state index contributed by atoms with van der Waals surface area (Å²) in [7, 11) is 0. The molecule has 4 rings (SSSR count). The summed E-state index contributed by atoms with van der Waals surface area (Å²) in [5.41, 5.74) is 8.19. The maximum absolute atomic E-state index is 2.49. The highest BCUT2D eigenvalue weighted by atomic mass is 14.2. The number of hydrogen-bond donors (Lipinski definition) is 0. The zero-order valence-corrected chi connectivity index (χ0v) is 21.9. The van der Waals surface area contributed by atoms with Crippen molar-refractivity contribution < 1.29 is 0 Å². The van der Waals surface area contributed by atoms with E-state index in [0.717, 1.165) is 19.3 Å². The molecule has 0 saturated heterocycles. The minimum atomic E-state index is 0.503. The molecule has 0 spiro atoms. The van der Waals surface area contributed by atoms with Crippen LogP contribution in [0.5, 0.6) is 0 Å². The van der Waals surface area contributed by atoms with Gasteiger partial charge in [-0.2, -0.15) is 0 Å². The van der Waals surface area contributed by atoms with Gasteiger partial charge >= 0.3 is 0 Å². The molecule has 0 aromatic heterocycles. The molecule has 178 valence electrons. The van der Waals surface area contributed by atoms with Crippen LogP contribution in [0.1, 0.15) is 65.0 Å². The van der Waals surface area contributed by atoms with E-state index in [1.165, 1.54) is 55.0 Å². The number of hydrogen-bond acceptors (Lipinski definition) is 0. The molecule has 0 aliphatic heterocycles. The summed E-state index contributed by atoms with van der Waals surface area (Å²) in [5, 5.41) is 5.20. The second-order valence-corrected chi connectivity index (χ2v) is 9.82. The summed E-state index contributed by atoms with van der Waals surface area (Å²) in [5.74, 6) is 0.503. The van der Waals surface area contributed by atoms with Crippen LogP contribution in [-0.2, 0) is 0 Å². The van der Waals surface area contributed by atoms with Gasteiger partial charge in [-0.3, -0.25) is 0 Å². The lowest BCUT2D eigenvalue weighted by molar-refractivity contribution is 0.665. The molecule has 0 aliphatic rings. The molecule has 0 fully saturated rings. The van der Waals surface area contributed by atoms with Crippen LogP contribution in [0.15, 0.2) is 108 Å². The number of fused-ring (bicyclic) bond motifs is 2. The largest absolute Gasteiger partial charge is 0.0651 e.